The average Bonchev–Trinajstić information content (AvgIpc) is 2.86. The number of rotatable bonds is 7. The van der Waals surface area contributed by atoms with E-state index in [0.29, 0.717) is 12.2 Å². The second-order valence-electron chi connectivity index (χ2n) is 8.85. The van der Waals surface area contributed by atoms with E-state index in [1.807, 2.05) is 38.4 Å². The number of nitrogens with zero attached hydrogens (tertiary/aromatic N) is 4. The standard InChI is InChI=1S/C26H34N4O3/c1-28(2)19-27-26(31)21-4-9-24-20(18-21)11-17-33-25(24)10-12-29-13-15-30(16-14-29)22-5-7-23(32-3)8-6-22/h4-9,18-19,25H,10-17H2,1-3H3. The highest BCUT2D eigenvalue weighted by Gasteiger charge is 2.24. The molecule has 0 aliphatic carbocycles. The molecule has 2 aromatic rings. The summed E-state index contributed by atoms with van der Waals surface area (Å²) in [4.78, 5) is 23.1. The van der Waals surface area contributed by atoms with Crippen LogP contribution in [0.4, 0.5) is 5.69 Å². The molecule has 1 atom stereocenters. The largest absolute Gasteiger partial charge is 0.497 e. The van der Waals surface area contributed by atoms with E-state index in [2.05, 4.69) is 33.0 Å². The molecule has 0 aromatic heterocycles. The van der Waals surface area contributed by atoms with Crippen LogP contribution in [-0.4, -0.2) is 82.6 Å². The molecular weight excluding hydrogens is 416 g/mol. The lowest BCUT2D eigenvalue weighted by Gasteiger charge is -2.37. The molecule has 7 heteroatoms. The second kappa shape index (κ2) is 10.8. The summed E-state index contributed by atoms with van der Waals surface area (Å²) in [6, 6.07) is 14.2. The maximum Gasteiger partial charge on any atom is 0.278 e. The van der Waals surface area contributed by atoms with Gasteiger partial charge in [0.15, 0.2) is 0 Å². The summed E-state index contributed by atoms with van der Waals surface area (Å²) in [6.07, 6.45) is 3.43. The minimum absolute atomic E-state index is 0.0859. The Bertz CT molecular complexity index is 966. The van der Waals surface area contributed by atoms with E-state index in [-0.39, 0.29) is 12.0 Å². The van der Waals surface area contributed by atoms with E-state index in [1.165, 1.54) is 16.8 Å². The zero-order valence-electron chi connectivity index (χ0n) is 19.9. The van der Waals surface area contributed by atoms with Crippen molar-refractivity contribution in [1.29, 1.82) is 0 Å². The van der Waals surface area contributed by atoms with Crippen LogP contribution < -0.4 is 9.64 Å². The maximum absolute atomic E-state index is 12.3. The van der Waals surface area contributed by atoms with Crippen molar-refractivity contribution >= 4 is 17.9 Å². The Balaban J connectivity index is 1.30. The quantitative estimate of drug-likeness (QED) is 0.477. The number of amides is 1. The SMILES string of the molecule is COc1ccc(N2CCN(CCC3OCCc4cc(C(=O)N=CN(C)C)ccc43)CC2)cc1. The lowest BCUT2D eigenvalue weighted by atomic mass is 9.93. The number of benzene rings is 2. The molecule has 1 unspecified atom stereocenters. The molecule has 2 aliphatic heterocycles. The number of piperazine rings is 1. The summed E-state index contributed by atoms with van der Waals surface area (Å²) in [5.74, 6) is 0.687. The predicted molar refractivity (Wildman–Crippen MR) is 132 cm³/mol. The molecule has 0 saturated carbocycles. The second-order valence-corrected chi connectivity index (χ2v) is 8.85. The molecule has 7 nitrogen and oxygen atoms in total. The molecule has 0 bridgehead atoms. The van der Waals surface area contributed by atoms with Crippen molar-refractivity contribution in [1.82, 2.24) is 9.80 Å². The number of methoxy groups -OCH3 is 1. The van der Waals surface area contributed by atoms with Gasteiger partial charge in [0.2, 0.25) is 0 Å². The third-order valence-electron chi connectivity index (χ3n) is 6.35. The van der Waals surface area contributed by atoms with Crippen molar-refractivity contribution in [3.05, 3.63) is 59.2 Å². The van der Waals surface area contributed by atoms with E-state index >= 15 is 0 Å². The number of carbonyl (C=O) groups excluding carboxylic acids is 1. The van der Waals surface area contributed by atoms with Gasteiger partial charge >= 0.3 is 0 Å². The van der Waals surface area contributed by atoms with E-state index in [1.54, 1.807) is 18.3 Å². The smallest absolute Gasteiger partial charge is 0.278 e. The molecular formula is C26H34N4O3. The van der Waals surface area contributed by atoms with Gasteiger partial charge in [0.05, 0.1) is 26.2 Å². The van der Waals surface area contributed by atoms with Crippen LogP contribution in [0, 0.1) is 0 Å². The van der Waals surface area contributed by atoms with E-state index in [4.69, 9.17) is 9.47 Å². The molecule has 1 fully saturated rings. The van der Waals surface area contributed by atoms with E-state index in [0.717, 1.165) is 51.3 Å². The van der Waals surface area contributed by atoms with Crippen LogP contribution in [0.15, 0.2) is 47.5 Å². The zero-order valence-corrected chi connectivity index (χ0v) is 19.9. The van der Waals surface area contributed by atoms with Crippen LogP contribution in [-0.2, 0) is 11.2 Å². The predicted octanol–water partition coefficient (Wildman–Crippen LogP) is 3.25. The van der Waals surface area contributed by atoms with Crippen LogP contribution in [0.5, 0.6) is 5.75 Å². The number of aliphatic imine (C=N–C) groups is 1. The highest BCUT2D eigenvalue weighted by molar-refractivity contribution is 5.98. The van der Waals surface area contributed by atoms with Gasteiger partial charge in [0.25, 0.3) is 5.91 Å². The highest BCUT2D eigenvalue weighted by Crippen LogP contribution is 2.31. The molecule has 176 valence electrons. The number of ether oxygens (including phenoxy) is 2. The molecule has 2 aromatic carbocycles. The first-order valence-electron chi connectivity index (χ1n) is 11.6. The third kappa shape index (κ3) is 5.92. The van der Waals surface area contributed by atoms with Crippen molar-refractivity contribution in [3.8, 4) is 5.75 Å². The van der Waals surface area contributed by atoms with Gasteiger partial charge in [-0.15, -0.1) is 0 Å². The summed E-state index contributed by atoms with van der Waals surface area (Å²) >= 11 is 0. The number of anilines is 1. The lowest BCUT2D eigenvalue weighted by Crippen LogP contribution is -2.46. The van der Waals surface area contributed by atoms with Gasteiger partial charge in [-0.05, 0) is 60.4 Å². The summed E-state index contributed by atoms with van der Waals surface area (Å²) < 4.78 is 11.4. The molecule has 0 N–H and O–H groups in total. The Morgan fingerprint density at radius 3 is 2.61 bits per heavy atom. The molecule has 33 heavy (non-hydrogen) atoms. The van der Waals surface area contributed by atoms with Crippen molar-refractivity contribution in [2.24, 2.45) is 4.99 Å². The van der Waals surface area contributed by atoms with Crippen molar-refractivity contribution in [2.75, 3.05) is 65.4 Å². The molecule has 4 rings (SSSR count). The minimum atomic E-state index is -0.204. The number of hydrogen-bond acceptors (Lipinski definition) is 5. The molecule has 1 amide bonds. The van der Waals surface area contributed by atoms with Crippen molar-refractivity contribution < 1.29 is 14.3 Å². The molecule has 2 aliphatic rings. The van der Waals surface area contributed by atoms with Gasteiger partial charge in [-0.1, -0.05) is 6.07 Å². The number of fused-ring (bicyclic) bond motifs is 1. The normalized spacial score (nSPS) is 18.9. The molecule has 1 saturated heterocycles. The van der Waals surface area contributed by atoms with Crippen molar-refractivity contribution in [3.63, 3.8) is 0 Å². The average molecular weight is 451 g/mol. The first kappa shape index (κ1) is 23.3. The van der Waals surface area contributed by atoms with Crippen LogP contribution in [0.3, 0.4) is 0 Å². The van der Waals surface area contributed by atoms with Gasteiger partial charge in [0, 0.05) is 58.1 Å². The number of hydrogen-bond donors (Lipinski definition) is 0. The maximum atomic E-state index is 12.3. The Labute approximate surface area is 196 Å². The summed E-state index contributed by atoms with van der Waals surface area (Å²) in [7, 11) is 5.40. The fourth-order valence-electron chi connectivity index (χ4n) is 4.47. The topological polar surface area (TPSA) is 57.6 Å². The first-order chi connectivity index (χ1) is 16.0. The first-order valence-corrected chi connectivity index (χ1v) is 11.6. The highest BCUT2D eigenvalue weighted by atomic mass is 16.5. The third-order valence-corrected chi connectivity index (χ3v) is 6.35. The fourth-order valence-corrected chi connectivity index (χ4v) is 4.47. The molecule has 0 spiro atoms. The Kier molecular flexibility index (Phi) is 7.62. The number of carbonyl (C=O) groups is 1. The van der Waals surface area contributed by atoms with Crippen LogP contribution in [0.25, 0.3) is 0 Å². The Hall–Kier alpha value is -2.90. The Morgan fingerprint density at radius 1 is 1.15 bits per heavy atom. The Morgan fingerprint density at radius 2 is 1.91 bits per heavy atom. The van der Waals surface area contributed by atoms with Gasteiger partial charge < -0.3 is 19.3 Å². The van der Waals surface area contributed by atoms with E-state index in [9.17, 15) is 4.79 Å². The minimum Gasteiger partial charge on any atom is -0.497 e. The van der Waals surface area contributed by atoms with Gasteiger partial charge in [-0.2, -0.15) is 4.99 Å². The lowest BCUT2D eigenvalue weighted by molar-refractivity contribution is 0.0289. The summed E-state index contributed by atoms with van der Waals surface area (Å²) in [5, 5.41) is 0. The summed E-state index contributed by atoms with van der Waals surface area (Å²) in [6.45, 7) is 5.84. The fraction of sp³-hybridized carbons (Fsp3) is 0.462. The van der Waals surface area contributed by atoms with Crippen LogP contribution >= 0.6 is 0 Å². The van der Waals surface area contributed by atoms with Gasteiger partial charge in [0.1, 0.15) is 5.75 Å². The summed E-state index contributed by atoms with van der Waals surface area (Å²) in [5.41, 5.74) is 4.31. The molecule has 0 radical (unpaired) electrons. The van der Waals surface area contributed by atoms with Crippen LogP contribution in [0.1, 0.15) is 34.0 Å². The van der Waals surface area contributed by atoms with Gasteiger partial charge in [-0.3, -0.25) is 9.69 Å². The zero-order chi connectivity index (χ0) is 23.2. The van der Waals surface area contributed by atoms with Gasteiger partial charge in [-0.25, -0.2) is 0 Å². The van der Waals surface area contributed by atoms with E-state index < -0.39 is 0 Å². The van der Waals surface area contributed by atoms with Crippen molar-refractivity contribution in [2.45, 2.75) is 18.9 Å². The molecule has 2 heterocycles. The van der Waals surface area contributed by atoms with Crippen LogP contribution in [0.2, 0.25) is 0 Å². The monoisotopic (exact) mass is 450 g/mol.